The third-order valence-electron chi connectivity index (χ3n) is 3.93. The smallest absolute Gasteiger partial charge is 0.262 e. The standard InChI is InChI=1S/C18H16ClN3O2S/c1-3-22-17(24)12-6-5-11(9-15(12)21-18(22)25)16(23)20-14-7-4-10(2)8-13(14)19/h4-9H,3H2,1-2H3,(H,20,23)(H,21,25). The summed E-state index contributed by atoms with van der Waals surface area (Å²) >= 11 is 11.4. The van der Waals surface area contributed by atoms with Crippen LogP contribution in [0.25, 0.3) is 10.9 Å². The maximum Gasteiger partial charge on any atom is 0.262 e. The number of aromatic nitrogens is 2. The van der Waals surface area contributed by atoms with Gasteiger partial charge >= 0.3 is 0 Å². The van der Waals surface area contributed by atoms with Crippen molar-refractivity contribution in [2.45, 2.75) is 20.4 Å². The van der Waals surface area contributed by atoms with Crippen LogP contribution in [0.2, 0.25) is 5.02 Å². The van der Waals surface area contributed by atoms with Gasteiger partial charge in [-0.05, 0) is 62.0 Å². The van der Waals surface area contributed by atoms with Crippen molar-refractivity contribution in [2.24, 2.45) is 0 Å². The van der Waals surface area contributed by atoms with Gasteiger partial charge in [0, 0.05) is 12.1 Å². The molecule has 0 spiro atoms. The number of amides is 1. The van der Waals surface area contributed by atoms with Crippen LogP contribution < -0.4 is 10.9 Å². The second-order valence-corrected chi connectivity index (χ2v) is 6.47. The molecule has 2 aromatic carbocycles. The number of nitrogens with one attached hydrogen (secondary N) is 2. The Bertz CT molecular complexity index is 1100. The van der Waals surface area contributed by atoms with Crippen molar-refractivity contribution < 1.29 is 4.79 Å². The molecule has 0 unspecified atom stereocenters. The molecule has 0 bridgehead atoms. The molecule has 0 aliphatic rings. The first-order valence-corrected chi connectivity index (χ1v) is 8.53. The number of anilines is 1. The van der Waals surface area contributed by atoms with Crippen molar-refractivity contribution in [3.8, 4) is 0 Å². The summed E-state index contributed by atoms with van der Waals surface area (Å²) in [7, 11) is 0. The molecule has 3 rings (SSSR count). The molecule has 1 aromatic heterocycles. The van der Waals surface area contributed by atoms with E-state index in [1.54, 1.807) is 30.3 Å². The van der Waals surface area contributed by atoms with E-state index in [0.29, 0.717) is 38.5 Å². The van der Waals surface area contributed by atoms with E-state index in [4.69, 9.17) is 23.8 Å². The minimum atomic E-state index is -0.313. The van der Waals surface area contributed by atoms with Gasteiger partial charge < -0.3 is 10.3 Å². The van der Waals surface area contributed by atoms with Crippen LogP contribution >= 0.6 is 23.8 Å². The largest absolute Gasteiger partial charge is 0.332 e. The highest BCUT2D eigenvalue weighted by Gasteiger charge is 2.11. The van der Waals surface area contributed by atoms with Gasteiger partial charge in [0.1, 0.15) is 0 Å². The fourth-order valence-corrected chi connectivity index (χ4v) is 3.20. The molecule has 0 radical (unpaired) electrons. The van der Waals surface area contributed by atoms with Crippen molar-refractivity contribution >= 4 is 46.3 Å². The molecule has 0 saturated heterocycles. The quantitative estimate of drug-likeness (QED) is 0.673. The van der Waals surface area contributed by atoms with Gasteiger partial charge in [0.15, 0.2) is 4.77 Å². The van der Waals surface area contributed by atoms with Gasteiger partial charge in [-0.15, -0.1) is 0 Å². The van der Waals surface area contributed by atoms with Crippen LogP contribution in [0.4, 0.5) is 5.69 Å². The fourth-order valence-electron chi connectivity index (χ4n) is 2.60. The lowest BCUT2D eigenvalue weighted by atomic mass is 10.1. The van der Waals surface area contributed by atoms with E-state index < -0.39 is 0 Å². The third kappa shape index (κ3) is 3.36. The first kappa shape index (κ1) is 17.4. The minimum Gasteiger partial charge on any atom is -0.332 e. The highest BCUT2D eigenvalue weighted by molar-refractivity contribution is 7.71. The Hall–Kier alpha value is -2.44. The first-order chi connectivity index (χ1) is 11.9. The zero-order valence-electron chi connectivity index (χ0n) is 13.7. The van der Waals surface area contributed by atoms with Crippen molar-refractivity contribution in [2.75, 3.05) is 5.32 Å². The molecule has 0 saturated carbocycles. The van der Waals surface area contributed by atoms with Crippen LogP contribution in [0, 0.1) is 11.7 Å². The van der Waals surface area contributed by atoms with Crippen LogP contribution in [0.1, 0.15) is 22.8 Å². The molecule has 0 fully saturated rings. The van der Waals surface area contributed by atoms with E-state index >= 15 is 0 Å². The monoisotopic (exact) mass is 373 g/mol. The third-order valence-corrected chi connectivity index (χ3v) is 4.57. The number of aryl methyl sites for hydroxylation is 1. The minimum absolute atomic E-state index is 0.171. The van der Waals surface area contributed by atoms with Crippen molar-refractivity contribution in [3.05, 3.63) is 67.7 Å². The number of benzene rings is 2. The Kier molecular flexibility index (Phi) is 4.74. The highest BCUT2D eigenvalue weighted by atomic mass is 35.5. The van der Waals surface area contributed by atoms with E-state index in [-0.39, 0.29) is 11.5 Å². The van der Waals surface area contributed by atoms with Crippen LogP contribution in [-0.2, 0) is 6.54 Å². The molecule has 1 heterocycles. The molecule has 0 aliphatic heterocycles. The van der Waals surface area contributed by atoms with Crippen molar-refractivity contribution in [1.29, 1.82) is 0 Å². The lowest BCUT2D eigenvalue weighted by Gasteiger charge is -2.09. The number of hydrogen-bond donors (Lipinski definition) is 2. The van der Waals surface area contributed by atoms with Gasteiger partial charge in [0.05, 0.1) is 21.6 Å². The normalized spacial score (nSPS) is 10.8. The number of carbonyl (C=O) groups excluding carboxylic acids is 1. The molecule has 7 heteroatoms. The van der Waals surface area contributed by atoms with E-state index in [9.17, 15) is 9.59 Å². The maximum atomic E-state index is 12.5. The maximum absolute atomic E-state index is 12.5. The topological polar surface area (TPSA) is 66.9 Å². The average molecular weight is 374 g/mol. The lowest BCUT2D eigenvalue weighted by molar-refractivity contribution is 0.102. The Morgan fingerprint density at radius 2 is 2.04 bits per heavy atom. The Balaban J connectivity index is 2.00. The Morgan fingerprint density at radius 1 is 1.28 bits per heavy atom. The van der Waals surface area contributed by atoms with E-state index in [2.05, 4.69) is 10.3 Å². The fraction of sp³-hybridized carbons (Fsp3) is 0.167. The molecule has 3 aromatic rings. The predicted molar refractivity (Wildman–Crippen MR) is 103 cm³/mol. The number of halogens is 1. The van der Waals surface area contributed by atoms with E-state index in [1.165, 1.54) is 4.57 Å². The summed E-state index contributed by atoms with van der Waals surface area (Å²) in [6, 6.07) is 10.3. The van der Waals surface area contributed by atoms with Gasteiger partial charge in [-0.2, -0.15) is 0 Å². The Labute approximate surface area is 154 Å². The molecule has 1 amide bonds. The van der Waals surface area contributed by atoms with Crippen LogP contribution in [0.15, 0.2) is 41.2 Å². The predicted octanol–water partition coefficient (Wildman–Crippen LogP) is 4.29. The zero-order chi connectivity index (χ0) is 18.1. The van der Waals surface area contributed by atoms with E-state index in [0.717, 1.165) is 5.56 Å². The molecule has 2 N–H and O–H groups in total. The van der Waals surface area contributed by atoms with Crippen LogP contribution in [-0.4, -0.2) is 15.5 Å². The van der Waals surface area contributed by atoms with Crippen molar-refractivity contribution in [1.82, 2.24) is 9.55 Å². The summed E-state index contributed by atoms with van der Waals surface area (Å²) in [5.41, 5.74) is 2.31. The second-order valence-electron chi connectivity index (χ2n) is 5.68. The lowest BCUT2D eigenvalue weighted by Crippen LogP contribution is -2.21. The summed E-state index contributed by atoms with van der Waals surface area (Å²) < 4.78 is 1.81. The van der Waals surface area contributed by atoms with E-state index in [1.807, 2.05) is 19.9 Å². The summed E-state index contributed by atoms with van der Waals surface area (Å²) in [5, 5.41) is 3.73. The second kappa shape index (κ2) is 6.82. The summed E-state index contributed by atoms with van der Waals surface area (Å²) in [4.78, 5) is 27.9. The Morgan fingerprint density at radius 3 is 2.72 bits per heavy atom. The molecule has 0 atom stereocenters. The number of nitrogens with zero attached hydrogens (tertiary/aromatic N) is 1. The molecular formula is C18H16ClN3O2S. The molecule has 128 valence electrons. The summed E-state index contributed by atoms with van der Waals surface area (Å²) in [6.07, 6.45) is 0. The number of aromatic amines is 1. The number of fused-ring (bicyclic) bond motifs is 1. The molecule has 25 heavy (non-hydrogen) atoms. The highest BCUT2D eigenvalue weighted by Crippen LogP contribution is 2.23. The van der Waals surface area contributed by atoms with Gasteiger partial charge in [-0.3, -0.25) is 14.2 Å². The van der Waals surface area contributed by atoms with Gasteiger partial charge in [-0.1, -0.05) is 17.7 Å². The average Bonchev–Trinajstić information content (AvgIpc) is 2.57. The zero-order valence-corrected chi connectivity index (χ0v) is 15.3. The van der Waals surface area contributed by atoms with Gasteiger partial charge in [0.2, 0.25) is 0 Å². The first-order valence-electron chi connectivity index (χ1n) is 7.75. The number of H-pyrrole nitrogens is 1. The van der Waals surface area contributed by atoms with Crippen molar-refractivity contribution in [3.63, 3.8) is 0 Å². The number of hydrogen-bond acceptors (Lipinski definition) is 3. The van der Waals surface area contributed by atoms with Crippen LogP contribution in [0.5, 0.6) is 0 Å². The number of rotatable bonds is 3. The van der Waals surface area contributed by atoms with Gasteiger partial charge in [-0.25, -0.2) is 0 Å². The molecule has 0 aliphatic carbocycles. The summed E-state index contributed by atoms with van der Waals surface area (Å²) in [5.74, 6) is -0.313. The molecule has 5 nitrogen and oxygen atoms in total. The summed E-state index contributed by atoms with van der Waals surface area (Å²) in [6.45, 7) is 4.26. The number of carbonyl (C=O) groups is 1. The molecular weight excluding hydrogens is 358 g/mol. The van der Waals surface area contributed by atoms with Crippen LogP contribution in [0.3, 0.4) is 0 Å². The SMILES string of the molecule is CCn1c(=S)[nH]c2cc(C(=O)Nc3ccc(C)cc3Cl)ccc2c1=O. The van der Waals surface area contributed by atoms with Gasteiger partial charge in [0.25, 0.3) is 11.5 Å².